The molecule has 0 amide bonds. The summed E-state index contributed by atoms with van der Waals surface area (Å²) in [5.41, 5.74) is 1.34. The Balaban J connectivity index is 1.69. The molecule has 25 heavy (non-hydrogen) atoms. The number of fused-ring (bicyclic) bond motifs is 1. The summed E-state index contributed by atoms with van der Waals surface area (Å²) in [4.78, 5) is 2.50. The fourth-order valence-corrected chi connectivity index (χ4v) is 3.30. The smallest absolute Gasteiger partial charge is 0.0446 e. The average Bonchev–Trinajstić information content (AvgIpc) is 2.66. The second-order valence-corrected chi connectivity index (χ2v) is 6.49. The largest absolute Gasteiger partial charge is 0.368 e. The van der Waals surface area contributed by atoms with Crippen molar-refractivity contribution in [2.45, 2.75) is 0 Å². The van der Waals surface area contributed by atoms with Crippen molar-refractivity contribution >= 4 is 16.5 Å². The van der Waals surface area contributed by atoms with Gasteiger partial charge in [0, 0.05) is 76.5 Å². The zero-order valence-electron chi connectivity index (χ0n) is 15.1. The van der Waals surface area contributed by atoms with Gasteiger partial charge in [-0.1, -0.05) is 36.4 Å². The van der Waals surface area contributed by atoms with E-state index >= 15 is 0 Å². The van der Waals surface area contributed by atoms with Crippen molar-refractivity contribution in [3.63, 3.8) is 0 Å². The summed E-state index contributed by atoms with van der Waals surface area (Å²) in [6, 6.07) is 15.3. The van der Waals surface area contributed by atoms with Crippen LogP contribution in [0.2, 0.25) is 0 Å². The highest BCUT2D eigenvalue weighted by atomic mass is 15.2. The first-order valence-electron chi connectivity index (χ1n) is 9.51. The van der Waals surface area contributed by atoms with Crippen LogP contribution in [-0.4, -0.2) is 65.4 Å². The number of benzene rings is 2. The van der Waals surface area contributed by atoms with Crippen LogP contribution in [-0.2, 0) is 0 Å². The molecule has 1 heterocycles. The first kappa shape index (κ1) is 18.1. The van der Waals surface area contributed by atoms with Crippen LogP contribution >= 0.6 is 0 Å². The lowest BCUT2D eigenvalue weighted by Crippen LogP contribution is -2.39. The maximum atomic E-state index is 3.56. The van der Waals surface area contributed by atoms with Gasteiger partial charge in [-0.15, -0.1) is 0 Å². The molecule has 2 aromatic carbocycles. The van der Waals surface area contributed by atoms with E-state index in [4.69, 9.17) is 0 Å². The highest BCUT2D eigenvalue weighted by Crippen LogP contribution is 2.26. The summed E-state index contributed by atoms with van der Waals surface area (Å²) in [5.74, 6) is 0. The lowest BCUT2D eigenvalue weighted by molar-refractivity contribution is 0.577. The average molecular weight is 342 g/mol. The second kappa shape index (κ2) is 10.4. The van der Waals surface area contributed by atoms with Gasteiger partial charge in [-0.2, -0.15) is 0 Å². The maximum absolute atomic E-state index is 3.56. The van der Waals surface area contributed by atoms with Crippen molar-refractivity contribution < 1.29 is 0 Å². The predicted octanol–water partition coefficient (Wildman–Crippen LogP) is 1.02. The molecule has 0 atom stereocenters. The number of hydrogen-bond acceptors (Lipinski definition) is 5. The van der Waals surface area contributed by atoms with Gasteiger partial charge >= 0.3 is 0 Å². The Morgan fingerprint density at radius 3 is 1.72 bits per heavy atom. The van der Waals surface area contributed by atoms with E-state index < -0.39 is 0 Å². The Morgan fingerprint density at radius 2 is 1.08 bits per heavy atom. The van der Waals surface area contributed by atoms with E-state index in [1.165, 1.54) is 16.5 Å². The molecule has 0 bridgehead atoms. The van der Waals surface area contributed by atoms with Crippen molar-refractivity contribution in [2.75, 3.05) is 70.3 Å². The monoisotopic (exact) mass is 341 g/mol. The van der Waals surface area contributed by atoms with Crippen LogP contribution in [0, 0.1) is 0 Å². The summed E-state index contributed by atoms with van der Waals surface area (Å²) in [7, 11) is 0. The number of nitrogens with one attached hydrogen (secondary N) is 4. The molecule has 1 aliphatic heterocycles. The number of nitrogens with zero attached hydrogens (tertiary/aromatic N) is 1. The van der Waals surface area contributed by atoms with E-state index in [9.17, 15) is 0 Å². The number of rotatable bonds is 1. The maximum Gasteiger partial charge on any atom is 0.0446 e. The van der Waals surface area contributed by atoms with Crippen molar-refractivity contribution in [3.05, 3.63) is 42.5 Å². The summed E-state index contributed by atoms with van der Waals surface area (Å²) in [5, 5.41) is 16.7. The third-order valence-corrected chi connectivity index (χ3v) is 4.66. The van der Waals surface area contributed by atoms with Crippen molar-refractivity contribution in [3.8, 4) is 0 Å². The summed E-state index contributed by atoms with van der Waals surface area (Å²) < 4.78 is 0. The zero-order chi connectivity index (χ0) is 17.2. The third-order valence-electron chi connectivity index (χ3n) is 4.66. The fraction of sp³-hybridized carbons (Fsp3) is 0.500. The molecular formula is C20H31N5. The van der Waals surface area contributed by atoms with E-state index in [0.29, 0.717) is 0 Å². The molecule has 0 unspecified atom stereocenters. The van der Waals surface area contributed by atoms with Crippen molar-refractivity contribution in [1.29, 1.82) is 0 Å². The molecule has 0 saturated carbocycles. The van der Waals surface area contributed by atoms with Gasteiger partial charge in [-0.05, 0) is 11.5 Å². The van der Waals surface area contributed by atoms with Gasteiger partial charge < -0.3 is 26.2 Å². The predicted molar refractivity (Wildman–Crippen MR) is 108 cm³/mol. The zero-order valence-corrected chi connectivity index (χ0v) is 15.1. The molecule has 0 aliphatic carbocycles. The lowest BCUT2D eigenvalue weighted by atomic mass is 10.1. The molecule has 4 N–H and O–H groups in total. The van der Waals surface area contributed by atoms with E-state index in [0.717, 1.165) is 65.4 Å². The Hall–Kier alpha value is -1.66. The Labute approximate surface area is 151 Å². The molecule has 5 heteroatoms. The highest BCUT2D eigenvalue weighted by molar-refractivity contribution is 5.94. The second-order valence-electron chi connectivity index (χ2n) is 6.49. The van der Waals surface area contributed by atoms with E-state index in [-0.39, 0.29) is 0 Å². The minimum absolute atomic E-state index is 1.00. The molecule has 5 nitrogen and oxygen atoms in total. The number of anilines is 1. The lowest BCUT2D eigenvalue weighted by Gasteiger charge is -2.27. The number of hydrogen-bond donors (Lipinski definition) is 4. The van der Waals surface area contributed by atoms with Crippen molar-refractivity contribution in [2.24, 2.45) is 0 Å². The Morgan fingerprint density at radius 1 is 0.560 bits per heavy atom. The van der Waals surface area contributed by atoms with Gasteiger partial charge in [-0.25, -0.2) is 0 Å². The molecular weight excluding hydrogens is 310 g/mol. The standard InChI is InChI=1S/C20H31N5/c1-2-6-19-18(4-1)5-3-7-20(19)25-16-14-23-12-10-21-8-9-22-11-13-24-15-17-25/h1-7,21-24H,8-17H2. The molecule has 0 spiro atoms. The van der Waals surface area contributed by atoms with Crippen LogP contribution in [0.3, 0.4) is 0 Å². The normalized spacial score (nSPS) is 19.3. The molecule has 2 aromatic rings. The highest BCUT2D eigenvalue weighted by Gasteiger charge is 2.09. The van der Waals surface area contributed by atoms with Crippen LogP contribution < -0.4 is 26.2 Å². The molecule has 3 rings (SSSR count). The summed E-state index contributed by atoms with van der Waals surface area (Å²) >= 11 is 0. The molecule has 1 aliphatic rings. The van der Waals surface area contributed by atoms with Crippen LogP contribution in [0.4, 0.5) is 5.69 Å². The topological polar surface area (TPSA) is 51.4 Å². The molecule has 0 aromatic heterocycles. The summed E-state index contributed by atoms with van der Waals surface area (Å²) in [6.45, 7) is 10.2. The van der Waals surface area contributed by atoms with E-state index in [1.807, 2.05) is 0 Å². The van der Waals surface area contributed by atoms with E-state index in [2.05, 4.69) is 68.6 Å². The van der Waals surface area contributed by atoms with Gasteiger partial charge in [0.1, 0.15) is 0 Å². The minimum atomic E-state index is 1.00. The first-order valence-corrected chi connectivity index (χ1v) is 9.51. The quantitative estimate of drug-likeness (QED) is 0.624. The molecule has 0 radical (unpaired) electrons. The Bertz CT molecular complexity index is 609. The van der Waals surface area contributed by atoms with Gasteiger partial charge in [0.05, 0.1) is 0 Å². The van der Waals surface area contributed by atoms with Crippen LogP contribution in [0.5, 0.6) is 0 Å². The van der Waals surface area contributed by atoms with E-state index in [1.54, 1.807) is 0 Å². The first-order chi connectivity index (χ1) is 12.4. The molecule has 1 saturated heterocycles. The van der Waals surface area contributed by atoms with Gasteiger partial charge in [0.2, 0.25) is 0 Å². The summed E-state index contributed by atoms with van der Waals surface area (Å²) in [6.07, 6.45) is 0. The van der Waals surface area contributed by atoms with Crippen molar-refractivity contribution in [1.82, 2.24) is 21.3 Å². The third kappa shape index (κ3) is 5.68. The fourth-order valence-electron chi connectivity index (χ4n) is 3.30. The Kier molecular flexibility index (Phi) is 7.52. The SMILES string of the molecule is c1ccc2c(N3CCNCCNCCNCCNCC3)cccc2c1. The van der Waals surface area contributed by atoms with Crippen LogP contribution in [0.1, 0.15) is 0 Å². The minimum Gasteiger partial charge on any atom is -0.368 e. The molecule has 1 fully saturated rings. The molecule has 136 valence electrons. The van der Waals surface area contributed by atoms with Gasteiger partial charge in [0.25, 0.3) is 0 Å². The van der Waals surface area contributed by atoms with Gasteiger partial charge in [-0.3, -0.25) is 0 Å². The van der Waals surface area contributed by atoms with Gasteiger partial charge in [0.15, 0.2) is 0 Å². The van der Waals surface area contributed by atoms with Crippen LogP contribution in [0.15, 0.2) is 42.5 Å². The van der Waals surface area contributed by atoms with Crippen LogP contribution in [0.25, 0.3) is 10.8 Å².